The number of halogens is 1. The van der Waals surface area contributed by atoms with Crippen LogP contribution in [0.25, 0.3) is 22.9 Å². The van der Waals surface area contributed by atoms with E-state index in [1.807, 2.05) is 0 Å². The van der Waals surface area contributed by atoms with Crippen molar-refractivity contribution in [3.8, 4) is 22.9 Å². The number of amides is 1. The first-order chi connectivity index (χ1) is 15.0. The maximum atomic E-state index is 14.2. The number of carbonyl (C=O) groups is 1. The standard InChI is InChI=1S/C20H18FN7O3/c21-13-4-2-1-3-12(13)11-28-16(14-6-8-31-27-14)9-15(26-28)20-23-7-5-18(25-20)24-19(30)10-17(22)29/h1-9,17,29H,10-11,22H2,(H,23,24,25,30). The Labute approximate surface area is 175 Å². The van der Waals surface area contributed by atoms with Crippen LogP contribution < -0.4 is 11.1 Å². The number of nitrogens with one attached hydrogen (secondary N) is 1. The zero-order valence-corrected chi connectivity index (χ0v) is 16.1. The molecule has 3 heterocycles. The van der Waals surface area contributed by atoms with Crippen molar-refractivity contribution in [2.24, 2.45) is 5.73 Å². The molecule has 4 N–H and O–H groups in total. The van der Waals surface area contributed by atoms with Crippen LogP contribution in [0.15, 0.2) is 59.4 Å². The van der Waals surface area contributed by atoms with Crippen molar-refractivity contribution in [1.82, 2.24) is 24.9 Å². The average Bonchev–Trinajstić information content (AvgIpc) is 3.39. The normalized spacial score (nSPS) is 12.0. The molecule has 0 saturated heterocycles. The van der Waals surface area contributed by atoms with Crippen molar-refractivity contribution < 1.29 is 18.8 Å². The lowest BCUT2D eigenvalue weighted by atomic mass is 10.2. The maximum Gasteiger partial charge on any atom is 0.229 e. The molecule has 4 aromatic rings. The van der Waals surface area contributed by atoms with Gasteiger partial charge in [0.05, 0.1) is 18.7 Å². The second-order valence-corrected chi connectivity index (χ2v) is 6.63. The second kappa shape index (κ2) is 8.81. The first-order valence-corrected chi connectivity index (χ1v) is 9.28. The molecule has 4 rings (SSSR count). The third kappa shape index (κ3) is 4.79. The highest BCUT2D eigenvalue weighted by atomic mass is 19.1. The van der Waals surface area contributed by atoms with Gasteiger partial charge >= 0.3 is 0 Å². The lowest BCUT2D eigenvalue weighted by molar-refractivity contribution is -0.117. The van der Waals surface area contributed by atoms with Crippen LogP contribution in [0.1, 0.15) is 12.0 Å². The highest BCUT2D eigenvalue weighted by Crippen LogP contribution is 2.25. The molecule has 1 aromatic carbocycles. The van der Waals surface area contributed by atoms with E-state index in [2.05, 4.69) is 25.5 Å². The van der Waals surface area contributed by atoms with Crippen LogP contribution >= 0.6 is 0 Å². The van der Waals surface area contributed by atoms with E-state index in [-0.39, 0.29) is 30.4 Å². The minimum atomic E-state index is -1.26. The Morgan fingerprint density at radius 3 is 2.84 bits per heavy atom. The number of nitrogens with zero attached hydrogens (tertiary/aromatic N) is 5. The zero-order chi connectivity index (χ0) is 21.8. The van der Waals surface area contributed by atoms with Gasteiger partial charge in [-0.15, -0.1) is 0 Å². The number of hydrogen-bond acceptors (Lipinski definition) is 8. The topological polar surface area (TPSA) is 145 Å². The lowest BCUT2D eigenvalue weighted by Crippen LogP contribution is -2.26. The van der Waals surface area contributed by atoms with Gasteiger partial charge in [0, 0.05) is 17.8 Å². The molecule has 0 aliphatic rings. The minimum Gasteiger partial charge on any atom is -0.378 e. The number of aromatic nitrogens is 5. The summed E-state index contributed by atoms with van der Waals surface area (Å²) in [5.41, 5.74) is 7.15. The summed E-state index contributed by atoms with van der Waals surface area (Å²) in [5, 5.41) is 20.1. The van der Waals surface area contributed by atoms with Gasteiger partial charge in [0.1, 0.15) is 35.5 Å². The van der Waals surface area contributed by atoms with E-state index in [1.165, 1.54) is 24.6 Å². The summed E-state index contributed by atoms with van der Waals surface area (Å²) in [6.45, 7) is 0.152. The molecule has 11 heteroatoms. The first-order valence-electron chi connectivity index (χ1n) is 9.28. The van der Waals surface area contributed by atoms with E-state index in [1.54, 1.807) is 35.0 Å². The summed E-state index contributed by atoms with van der Waals surface area (Å²) in [6, 6.07) is 11.3. The van der Waals surface area contributed by atoms with Crippen molar-refractivity contribution in [1.29, 1.82) is 0 Å². The van der Waals surface area contributed by atoms with E-state index < -0.39 is 12.1 Å². The summed E-state index contributed by atoms with van der Waals surface area (Å²) in [5.74, 6) is -0.382. The molecule has 10 nitrogen and oxygen atoms in total. The molecule has 3 aromatic heterocycles. The van der Waals surface area contributed by atoms with Gasteiger partial charge in [-0.1, -0.05) is 23.4 Å². The van der Waals surface area contributed by atoms with Crippen LogP contribution in [0.2, 0.25) is 0 Å². The molecule has 0 radical (unpaired) electrons. The zero-order valence-electron chi connectivity index (χ0n) is 16.1. The summed E-state index contributed by atoms with van der Waals surface area (Å²) in [4.78, 5) is 20.3. The van der Waals surface area contributed by atoms with E-state index in [4.69, 9.17) is 15.4 Å². The van der Waals surface area contributed by atoms with E-state index in [0.717, 1.165) is 0 Å². The molecule has 0 spiro atoms. The van der Waals surface area contributed by atoms with Crippen molar-refractivity contribution in [3.05, 3.63) is 66.3 Å². The van der Waals surface area contributed by atoms with Crippen LogP contribution in [-0.4, -0.2) is 42.1 Å². The number of aliphatic hydroxyl groups is 1. The molecule has 0 aliphatic heterocycles. The Balaban J connectivity index is 1.67. The fourth-order valence-electron chi connectivity index (χ4n) is 2.92. The average molecular weight is 423 g/mol. The quantitative estimate of drug-likeness (QED) is 0.382. The Morgan fingerprint density at radius 2 is 2.10 bits per heavy atom. The van der Waals surface area contributed by atoms with Crippen molar-refractivity contribution in [3.63, 3.8) is 0 Å². The fourth-order valence-corrected chi connectivity index (χ4v) is 2.92. The van der Waals surface area contributed by atoms with Crippen LogP contribution in [0.4, 0.5) is 10.2 Å². The number of rotatable bonds is 7. The molecule has 0 fully saturated rings. The maximum absolute atomic E-state index is 14.2. The summed E-state index contributed by atoms with van der Waals surface area (Å²) in [6.07, 6.45) is 1.35. The van der Waals surface area contributed by atoms with Gasteiger partial charge in [-0.2, -0.15) is 5.10 Å². The van der Waals surface area contributed by atoms with Crippen LogP contribution in [-0.2, 0) is 11.3 Å². The highest BCUT2D eigenvalue weighted by molar-refractivity contribution is 5.90. The van der Waals surface area contributed by atoms with Gasteiger partial charge in [0.2, 0.25) is 5.91 Å². The van der Waals surface area contributed by atoms with Gasteiger partial charge in [-0.3, -0.25) is 9.48 Å². The summed E-state index contributed by atoms with van der Waals surface area (Å²) in [7, 11) is 0. The minimum absolute atomic E-state index is 0.152. The summed E-state index contributed by atoms with van der Waals surface area (Å²) >= 11 is 0. The second-order valence-electron chi connectivity index (χ2n) is 6.63. The highest BCUT2D eigenvalue weighted by Gasteiger charge is 2.17. The largest absolute Gasteiger partial charge is 0.378 e. The van der Waals surface area contributed by atoms with Crippen molar-refractivity contribution in [2.75, 3.05) is 5.32 Å². The van der Waals surface area contributed by atoms with E-state index in [0.29, 0.717) is 22.6 Å². The Kier molecular flexibility index (Phi) is 5.78. The SMILES string of the molecule is NC(O)CC(=O)Nc1ccnc(-c2cc(-c3ccon3)n(Cc3ccccc3F)n2)n1. The van der Waals surface area contributed by atoms with Crippen molar-refractivity contribution in [2.45, 2.75) is 19.2 Å². The monoisotopic (exact) mass is 423 g/mol. The number of carbonyl (C=O) groups excluding carboxylic acids is 1. The predicted molar refractivity (Wildman–Crippen MR) is 108 cm³/mol. The number of anilines is 1. The molecule has 1 unspecified atom stereocenters. The van der Waals surface area contributed by atoms with Crippen LogP contribution in [0, 0.1) is 5.82 Å². The van der Waals surface area contributed by atoms with Gasteiger partial charge in [-0.05, 0) is 18.2 Å². The van der Waals surface area contributed by atoms with E-state index in [9.17, 15) is 9.18 Å². The smallest absolute Gasteiger partial charge is 0.229 e. The third-order valence-corrected chi connectivity index (χ3v) is 4.30. The third-order valence-electron chi connectivity index (χ3n) is 4.30. The predicted octanol–water partition coefficient (Wildman–Crippen LogP) is 1.79. The number of hydrogen-bond donors (Lipinski definition) is 3. The Hall–Kier alpha value is -3.96. The molecular formula is C20H18FN7O3. The van der Waals surface area contributed by atoms with Gasteiger partial charge < -0.3 is 20.7 Å². The molecular weight excluding hydrogens is 405 g/mol. The van der Waals surface area contributed by atoms with Gasteiger partial charge in [-0.25, -0.2) is 14.4 Å². The fraction of sp³-hybridized carbons (Fsp3) is 0.150. The molecule has 0 bridgehead atoms. The number of nitrogens with two attached hydrogens (primary N) is 1. The molecule has 0 aliphatic carbocycles. The first kappa shape index (κ1) is 20.3. The van der Waals surface area contributed by atoms with Gasteiger partial charge in [0.25, 0.3) is 0 Å². The van der Waals surface area contributed by atoms with E-state index >= 15 is 0 Å². The van der Waals surface area contributed by atoms with Crippen molar-refractivity contribution >= 4 is 11.7 Å². The molecule has 31 heavy (non-hydrogen) atoms. The number of aliphatic hydroxyl groups excluding tert-OH is 1. The van der Waals surface area contributed by atoms with Gasteiger partial charge in [0.15, 0.2) is 5.82 Å². The lowest BCUT2D eigenvalue weighted by Gasteiger charge is -2.07. The Morgan fingerprint density at radius 1 is 1.26 bits per heavy atom. The molecule has 1 atom stereocenters. The molecule has 1 amide bonds. The number of benzene rings is 1. The summed E-state index contributed by atoms with van der Waals surface area (Å²) < 4.78 is 20.7. The van der Waals surface area contributed by atoms with Crippen LogP contribution in [0.3, 0.4) is 0 Å². The molecule has 0 saturated carbocycles. The van der Waals surface area contributed by atoms with Crippen LogP contribution in [0.5, 0.6) is 0 Å². The Bertz CT molecular complexity index is 1190. The molecule has 158 valence electrons.